The van der Waals surface area contributed by atoms with Crippen LogP contribution in [0.3, 0.4) is 0 Å². The van der Waals surface area contributed by atoms with Crippen LogP contribution in [0, 0.1) is 0 Å². The van der Waals surface area contributed by atoms with Crippen molar-refractivity contribution < 1.29 is 4.79 Å². The first kappa shape index (κ1) is 12.4. The summed E-state index contributed by atoms with van der Waals surface area (Å²) in [5.74, 6) is -0.345. The third-order valence-corrected chi connectivity index (χ3v) is 2.55. The number of anilines is 1. The molecule has 94 valence electrons. The van der Waals surface area contributed by atoms with Gasteiger partial charge in [0.05, 0.1) is 11.0 Å². The zero-order valence-corrected chi connectivity index (χ0v) is 10.2. The number of hydrogen-bond acceptors (Lipinski definition) is 3. The van der Waals surface area contributed by atoms with E-state index in [1.165, 1.54) is 0 Å². The molecule has 0 aliphatic heterocycles. The monoisotopic (exact) mass is 267 g/mol. The van der Waals surface area contributed by atoms with Crippen molar-refractivity contribution in [3.63, 3.8) is 0 Å². The van der Waals surface area contributed by atoms with E-state index in [2.05, 4.69) is 15.3 Å². The molecule has 6 nitrogen and oxygen atoms in total. The number of carbonyl (C=O) groups excluding carboxylic acids is 1. The fourth-order valence-corrected chi connectivity index (χ4v) is 1.49. The van der Waals surface area contributed by atoms with Gasteiger partial charge in [-0.25, -0.2) is 0 Å². The standard InChI is InChI=1S/C11H10ClN3O3/c1-5(12)9(16)13-6-2-3-7-8(4-6)15-11(18)10(17)14-7/h2-5H,1H3,(H,13,16)(H,14,17)(H,15,18). The normalized spacial score (nSPS) is 12.3. The van der Waals surface area contributed by atoms with E-state index >= 15 is 0 Å². The van der Waals surface area contributed by atoms with Gasteiger partial charge in [-0.1, -0.05) is 0 Å². The highest BCUT2D eigenvalue weighted by Gasteiger charge is 2.09. The van der Waals surface area contributed by atoms with Crippen LogP contribution in [0.5, 0.6) is 0 Å². The van der Waals surface area contributed by atoms with Gasteiger partial charge in [0.15, 0.2) is 0 Å². The van der Waals surface area contributed by atoms with Crippen LogP contribution in [0.25, 0.3) is 11.0 Å². The number of rotatable bonds is 2. The molecular formula is C11H10ClN3O3. The quantitative estimate of drug-likeness (QED) is 0.554. The number of benzene rings is 1. The van der Waals surface area contributed by atoms with E-state index in [-0.39, 0.29) is 5.91 Å². The van der Waals surface area contributed by atoms with Gasteiger partial charge in [-0.05, 0) is 25.1 Å². The summed E-state index contributed by atoms with van der Waals surface area (Å²) in [5, 5.41) is 1.93. The van der Waals surface area contributed by atoms with Crippen molar-refractivity contribution >= 4 is 34.2 Å². The molecule has 0 radical (unpaired) electrons. The summed E-state index contributed by atoms with van der Waals surface area (Å²) < 4.78 is 0. The Hall–Kier alpha value is -2.08. The van der Waals surface area contributed by atoms with Crippen molar-refractivity contribution in [3.8, 4) is 0 Å². The van der Waals surface area contributed by atoms with Gasteiger partial charge in [0.25, 0.3) is 0 Å². The van der Waals surface area contributed by atoms with E-state index in [0.717, 1.165) is 0 Å². The van der Waals surface area contributed by atoms with Crippen LogP contribution in [0.15, 0.2) is 27.8 Å². The highest BCUT2D eigenvalue weighted by molar-refractivity contribution is 6.32. The maximum absolute atomic E-state index is 11.4. The number of alkyl halides is 1. The number of H-pyrrole nitrogens is 2. The highest BCUT2D eigenvalue weighted by atomic mass is 35.5. The largest absolute Gasteiger partial charge is 0.325 e. The predicted octanol–water partition coefficient (Wildman–Crippen LogP) is 0.782. The molecule has 0 saturated carbocycles. The van der Waals surface area contributed by atoms with Crippen LogP contribution in [0.4, 0.5) is 5.69 Å². The Balaban J connectivity index is 2.44. The van der Waals surface area contributed by atoms with Gasteiger partial charge in [-0.3, -0.25) is 14.4 Å². The van der Waals surface area contributed by atoms with Crippen LogP contribution in [0.1, 0.15) is 6.92 Å². The molecule has 0 aliphatic carbocycles. The van der Waals surface area contributed by atoms with Gasteiger partial charge >= 0.3 is 11.1 Å². The molecule has 2 aromatic rings. The molecule has 0 spiro atoms. The molecule has 0 fully saturated rings. The number of halogens is 1. The SMILES string of the molecule is CC(Cl)C(=O)Nc1ccc2[nH]c(=O)c(=O)[nH]c2c1. The lowest BCUT2D eigenvalue weighted by molar-refractivity contribution is -0.115. The van der Waals surface area contributed by atoms with Crippen molar-refractivity contribution in [1.82, 2.24) is 9.97 Å². The van der Waals surface area contributed by atoms with Crippen molar-refractivity contribution in [1.29, 1.82) is 0 Å². The molecular weight excluding hydrogens is 258 g/mol. The fraction of sp³-hybridized carbons (Fsp3) is 0.182. The maximum Gasteiger partial charge on any atom is 0.314 e. The molecule has 0 saturated heterocycles. The van der Waals surface area contributed by atoms with Gasteiger partial charge in [0.1, 0.15) is 5.38 Å². The van der Waals surface area contributed by atoms with E-state index < -0.39 is 16.5 Å². The lowest BCUT2D eigenvalue weighted by Gasteiger charge is -2.07. The molecule has 0 bridgehead atoms. The third kappa shape index (κ3) is 2.43. The van der Waals surface area contributed by atoms with Crippen molar-refractivity contribution in [2.24, 2.45) is 0 Å². The van der Waals surface area contributed by atoms with E-state index in [9.17, 15) is 14.4 Å². The fourth-order valence-electron chi connectivity index (χ4n) is 1.43. The van der Waals surface area contributed by atoms with Crippen molar-refractivity contribution in [2.75, 3.05) is 5.32 Å². The van der Waals surface area contributed by atoms with Gasteiger partial charge in [-0.2, -0.15) is 0 Å². The van der Waals surface area contributed by atoms with E-state index in [1.54, 1.807) is 25.1 Å². The lowest BCUT2D eigenvalue weighted by atomic mass is 10.2. The van der Waals surface area contributed by atoms with Gasteiger partial charge in [0, 0.05) is 5.69 Å². The Bertz CT molecular complexity index is 717. The van der Waals surface area contributed by atoms with Gasteiger partial charge in [0.2, 0.25) is 5.91 Å². The van der Waals surface area contributed by atoms with E-state index in [0.29, 0.717) is 16.7 Å². The summed E-state index contributed by atoms with van der Waals surface area (Å²) >= 11 is 5.63. The van der Waals surface area contributed by atoms with Crippen LogP contribution in [-0.4, -0.2) is 21.3 Å². The molecule has 1 amide bonds. The second kappa shape index (κ2) is 4.66. The number of hydrogen-bond donors (Lipinski definition) is 3. The average molecular weight is 268 g/mol. The van der Waals surface area contributed by atoms with Crippen molar-refractivity contribution in [2.45, 2.75) is 12.3 Å². The smallest absolute Gasteiger partial charge is 0.314 e. The number of carbonyl (C=O) groups is 1. The first-order chi connectivity index (χ1) is 8.47. The van der Waals surface area contributed by atoms with Crippen LogP contribution >= 0.6 is 11.6 Å². The topological polar surface area (TPSA) is 94.8 Å². The molecule has 1 unspecified atom stereocenters. The molecule has 7 heteroatoms. The summed E-state index contributed by atoms with van der Waals surface area (Å²) in [6.45, 7) is 1.55. The molecule has 18 heavy (non-hydrogen) atoms. The Labute approximate surface area is 106 Å². The number of aromatic amines is 2. The van der Waals surface area contributed by atoms with E-state index in [1.807, 2.05) is 0 Å². The van der Waals surface area contributed by atoms with Crippen LogP contribution in [0.2, 0.25) is 0 Å². The average Bonchev–Trinajstić information content (AvgIpc) is 2.31. The second-order valence-electron chi connectivity index (χ2n) is 3.77. The first-order valence-electron chi connectivity index (χ1n) is 5.18. The zero-order chi connectivity index (χ0) is 13.3. The first-order valence-corrected chi connectivity index (χ1v) is 5.62. The second-order valence-corrected chi connectivity index (χ2v) is 4.43. The molecule has 1 aromatic heterocycles. The summed E-state index contributed by atoms with van der Waals surface area (Å²) in [6, 6.07) is 4.73. The van der Waals surface area contributed by atoms with Gasteiger partial charge < -0.3 is 15.3 Å². The number of nitrogens with one attached hydrogen (secondary N) is 3. The number of amides is 1. The Kier molecular flexibility index (Phi) is 3.20. The zero-order valence-electron chi connectivity index (χ0n) is 9.41. The molecule has 1 aromatic carbocycles. The van der Waals surface area contributed by atoms with Crippen LogP contribution in [-0.2, 0) is 4.79 Å². The molecule has 1 heterocycles. The minimum Gasteiger partial charge on any atom is -0.325 e. The van der Waals surface area contributed by atoms with Crippen molar-refractivity contribution in [3.05, 3.63) is 38.9 Å². The van der Waals surface area contributed by atoms with Crippen LogP contribution < -0.4 is 16.4 Å². The summed E-state index contributed by atoms with van der Waals surface area (Å²) in [5.41, 5.74) is -0.0517. The third-order valence-electron chi connectivity index (χ3n) is 2.35. The van der Waals surface area contributed by atoms with E-state index in [4.69, 9.17) is 11.6 Å². The maximum atomic E-state index is 11.4. The minimum atomic E-state index is -0.739. The number of aromatic nitrogens is 2. The highest BCUT2D eigenvalue weighted by Crippen LogP contribution is 2.14. The summed E-state index contributed by atoms with van der Waals surface area (Å²) in [6.07, 6.45) is 0. The molecule has 2 rings (SSSR count). The molecule has 0 aliphatic rings. The Morgan fingerprint density at radius 3 is 2.44 bits per heavy atom. The Morgan fingerprint density at radius 1 is 1.22 bits per heavy atom. The number of fused-ring (bicyclic) bond motifs is 1. The minimum absolute atomic E-state index is 0.345. The lowest BCUT2D eigenvalue weighted by Crippen LogP contribution is -2.29. The molecule has 3 N–H and O–H groups in total. The Morgan fingerprint density at radius 2 is 1.83 bits per heavy atom. The molecule has 1 atom stereocenters. The van der Waals surface area contributed by atoms with Gasteiger partial charge in [-0.15, -0.1) is 11.6 Å². The summed E-state index contributed by atoms with van der Waals surface area (Å²) in [7, 11) is 0. The predicted molar refractivity (Wildman–Crippen MR) is 69.1 cm³/mol. The summed E-state index contributed by atoms with van der Waals surface area (Å²) in [4.78, 5) is 38.5.